The number of carbonyl (C=O) groups excluding carboxylic acids is 3. The molecular weight excluding hydrogens is 428 g/mol. The third-order valence-electron chi connectivity index (χ3n) is 5.50. The molecule has 0 spiro atoms. The molecule has 0 bridgehead atoms. The Morgan fingerprint density at radius 1 is 1.03 bits per heavy atom. The van der Waals surface area contributed by atoms with E-state index in [0.29, 0.717) is 11.3 Å². The number of carbonyl (C=O) groups is 3. The van der Waals surface area contributed by atoms with Gasteiger partial charge < -0.3 is 15.2 Å². The van der Waals surface area contributed by atoms with Crippen molar-refractivity contribution in [1.29, 1.82) is 0 Å². The second-order valence-electron chi connectivity index (χ2n) is 7.67. The molecule has 8 heteroatoms. The highest BCUT2D eigenvalue weighted by molar-refractivity contribution is 8.00. The summed E-state index contributed by atoms with van der Waals surface area (Å²) in [6, 6.07) is 18.1. The van der Waals surface area contributed by atoms with E-state index in [1.165, 1.54) is 23.6 Å². The van der Waals surface area contributed by atoms with Gasteiger partial charge in [-0.25, -0.2) is 4.79 Å². The topological polar surface area (TPSA) is 98.9 Å². The molecule has 0 saturated carbocycles. The first-order valence-corrected chi connectivity index (χ1v) is 11.3. The minimum absolute atomic E-state index is 0.117. The molecule has 2 aromatic rings. The van der Waals surface area contributed by atoms with Crippen molar-refractivity contribution in [3.63, 3.8) is 0 Å². The van der Waals surface area contributed by atoms with Crippen molar-refractivity contribution in [2.75, 3.05) is 5.75 Å². The van der Waals surface area contributed by atoms with Crippen LogP contribution < -0.4 is 5.73 Å². The number of benzene rings is 2. The molecule has 2 heterocycles. The van der Waals surface area contributed by atoms with Crippen LogP contribution in [0, 0.1) is 0 Å². The molecule has 2 N–H and O–H groups in total. The van der Waals surface area contributed by atoms with Crippen LogP contribution >= 0.6 is 11.8 Å². The molecule has 1 saturated heterocycles. The monoisotopic (exact) mass is 452 g/mol. The fourth-order valence-electron chi connectivity index (χ4n) is 3.91. The third kappa shape index (κ3) is 4.16. The van der Waals surface area contributed by atoms with Crippen LogP contribution in [-0.2, 0) is 23.9 Å². The summed E-state index contributed by atoms with van der Waals surface area (Å²) in [5.74, 6) is -1.06. The summed E-state index contributed by atoms with van der Waals surface area (Å²) in [4.78, 5) is 39.0. The number of fused-ring (bicyclic) bond motifs is 1. The van der Waals surface area contributed by atoms with Crippen molar-refractivity contribution < 1.29 is 23.9 Å². The van der Waals surface area contributed by atoms with E-state index in [4.69, 9.17) is 15.2 Å². The summed E-state index contributed by atoms with van der Waals surface area (Å²) < 4.78 is 11.3. The summed E-state index contributed by atoms with van der Waals surface area (Å²) in [6.07, 6.45) is -1.35. The number of ether oxygens (including phenoxy) is 2. The van der Waals surface area contributed by atoms with Crippen molar-refractivity contribution >= 4 is 29.6 Å². The molecule has 3 atom stereocenters. The van der Waals surface area contributed by atoms with Gasteiger partial charge >= 0.3 is 11.9 Å². The quantitative estimate of drug-likeness (QED) is 0.531. The number of amides is 1. The Bertz CT molecular complexity index is 1020. The van der Waals surface area contributed by atoms with E-state index in [1.54, 1.807) is 6.92 Å². The van der Waals surface area contributed by atoms with E-state index in [0.717, 1.165) is 11.1 Å². The van der Waals surface area contributed by atoms with E-state index in [9.17, 15) is 14.4 Å². The summed E-state index contributed by atoms with van der Waals surface area (Å²) in [5.41, 5.74) is 8.21. The van der Waals surface area contributed by atoms with Gasteiger partial charge in [-0.2, -0.15) is 0 Å². The maximum absolute atomic E-state index is 13.5. The van der Waals surface area contributed by atoms with Crippen molar-refractivity contribution in [3.8, 4) is 0 Å². The molecule has 7 nitrogen and oxygen atoms in total. The first-order valence-electron chi connectivity index (χ1n) is 10.3. The first-order chi connectivity index (χ1) is 15.4. The largest absolute Gasteiger partial charge is 0.458 e. The van der Waals surface area contributed by atoms with E-state index < -0.39 is 30.2 Å². The van der Waals surface area contributed by atoms with Gasteiger partial charge in [0.05, 0.1) is 0 Å². The lowest BCUT2D eigenvalue weighted by Gasteiger charge is -2.48. The molecule has 2 aliphatic rings. The number of β-lactam (4-membered cyclic amide) rings is 1. The zero-order valence-electron chi connectivity index (χ0n) is 17.8. The smallest absolute Gasteiger partial charge is 0.356 e. The fourth-order valence-corrected chi connectivity index (χ4v) is 5.31. The number of esters is 2. The maximum atomic E-state index is 13.5. The second-order valence-corrected chi connectivity index (χ2v) is 8.77. The van der Waals surface area contributed by atoms with E-state index in [1.807, 2.05) is 60.7 Å². The molecule has 1 amide bonds. The first kappa shape index (κ1) is 22.1. The van der Waals surface area contributed by atoms with Crippen molar-refractivity contribution in [2.45, 2.75) is 37.5 Å². The molecule has 2 aliphatic heterocycles. The normalized spacial score (nSPS) is 21.0. The summed E-state index contributed by atoms with van der Waals surface area (Å²) in [5, 5.41) is -0.342. The molecule has 0 aromatic heterocycles. The minimum Gasteiger partial charge on any atom is -0.458 e. The fraction of sp³-hybridized carbons (Fsp3) is 0.292. The molecular formula is C24H24N2O5S. The molecule has 4 rings (SSSR count). The van der Waals surface area contributed by atoms with Gasteiger partial charge in [-0.05, 0) is 18.1 Å². The van der Waals surface area contributed by atoms with Gasteiger partial charge in [0, 0.05) is 18.2 Å². The zero-order chi connectivity index (χ0) is 22.8. The molecule has 1 fully saturated rings. The van der Waals surface area contributed by atoms with E-state index in [2.05, 4.69) is 0 Å². The van der Waals surface area contributed by atoms with E-state index in [-0.39, 0.29) is 17.0 Å². The minimum atomic E-state index is -0.681. The maximum Gasteiger partial charge on any atom is 0.356 e. The van der Waals surface area contributed by atoms with Gasteiger partial charge in [0.15, 0.2) is 6.10 Å². The van der Waals surface area contributed by atoms with Crippen LogP contribution in [0.4, 0.5) is 0 Å². The molecule has 32 heavy (non-hydrogen) atoms. The highest BCUT2D eigenvalue weighted by Gasteiger charge is 2.53. The number of thioether (sulfide) groups is 1. The lowest BCUT2D eigenvalue weighted by Crippen LogP contribution is -2.68. The Kier molecular flexibility index (Phi) is 6.34. The van der Waals surface area contributed by atoms with Gasteiger partial charge in [0.2, 0.25) is 5.91 Å². The lowest BCUT2D eigenvalue weighted by atomic mass is 10.00. The Balaban J connectivity index is 1.72. The van der Waals surface area contributed by atoms with Crippen molar-refractivity contribution in [1.82, 2.24) is 4.90 Å². The predicted molar refractivity (Wildman–Crippen MR) is 120 cm³/mol. The van der Waals surface area contributed by atoms with Crippen LogP contribution in [0.2, 0.25) is 0 Å². The average molecular weight is 453 g/mol. The SMILES string of the molecule is CC(=O)OC(C)C1=C(C(=O)OC(c2ccccc2)c2ccccc2)N2C(=O)C(N)[C@H]2SC1. The van der Waals surface area contributed by atoms with Gasteiger partial charge in [-0.3, -0.25) is 14.5 Å². The Hall–Kier alpha value is -3.10. The van der Waals surface area contributed by atoms with Gasteiger partial charge in [0.1, 0.15) is 23.2 Å². The van der Waals surface area contributed by atoms with Crippen molar-refractivity contribution in [2.24, 2.45) is 5.73 Å². The van der Waals surface area contributed by atoms with Crippen LogP contribution in [0.25, 0.3) is 0 Å². The highest BCUT2D eigenvalue weighted by atomic mass is 32.2. The predicted octanol–water partition coefficient (Wildman–Crippen LogP) is 2.77. The number of rotatable bonds is 6. The molecule has 2 unspecified atom stereocenters. The standard InChI is InChI=1S/C24H24N2O5S/c1-14(30-15(2)27)18-13-32-23-19(25)22(28)26(23)20(18)24(29)31-21(16-9-5-3-6-10-16)17-11-7-4-8-12-17/h3-12,14,19,21,23H,13,25H2,1-2H3/t14?,19?,23-/m1/s1. The van der Waals surface area contributed by atoms with Gasteiger partial charge in [0.25, 0.3) is 0 Å². The number of hydrogen-bond donors (Lipinski definition) is 1. The molecule has 166 valence electrons. The van der Waals surface area contributed by atoms with Gasteiger partial charge in [-0.1, -0.05) is 60.7 Å². The van der Waals surface area contributed by atoms with E-state index >= 15 is 0 Å². The highest BCUT2D eigenvalue weighted by Crippen LogP contribution is 2.42. The van der Waals surface area contributed by atoms with Crippen LogP contribution in [0.5, 0.6) is 0 Å². The summed E-state index contributed by atoms with van der Waals surface area (Å²) >= 11 is 1.44. The summed E-state index contributed by atoms with van der Waals surface area (Å²) in [6.45, 7) is 2.99. The Morgan fingerprint density at radius 3 is 2.12 bits per heavy atom. The molecule has 0 aliphatic carbocycles. The third-order valence-corrected chi connectivity index (χ3v) is 6.82. The van der Waals surface area contributed by atoms with Gasteiger partial charge in [-0.15, -0.1) is 11.8 Å². The van der Waals surface area contributed by atoms with Crippen LogP contribution in [0.15, 0.2) is 71.9 Å². The van der Waals surface area contributed by atoms with Crippen LogP contribution in [-0.4, -0.2) is 46.0 Å². The van der Waals surface area contributed by atoms with Crippen LogP contribution in [0.3, 0.4) is 0 Å². The number of nitrogens with zero attached hydrogens (tertiary/aromatic N) is 1. The van der Waals surface area contributed by atoms with Crippen molar-refractivity contribution in [3.05, 3.63) is 83.1 Å². The Morgan fingerprint density at radius 2 is 1.59 bits per heavy atom. The number of nitrogens with two attached hydrogens (primary N) is 1. The number of hydrogen-bond acceptors (Lipinski definition) is 7. The van der Waals surface area contributed by atoms with Crippen LogP contribution in [0.1, 0.15) is 31.1 Å². The molecule has 2 aromatic carbocycles. The summed E-state index contributed by atoms with van der Waals surface area (Å²) in [7, 11) is 0. The molecule has 0 radical (unpaired) electrons. The lowest BCUT2D eigenvalue weighted by molar-refractivity contribution is -0.153. The Labute approximate surface area is 190 Å². The average Bonchev–Trinajstić information content (AvgIpc) is 2.81. The zero-order valence-corrected chi connectivity index (χ0v) is 18.6. The second kappa shape index (κ2) is 9.18.